The average molecular weight is 691 g/mol. The normalized spacial score (nSPS) is 17.1. The van der Waals surface area contributed by atoms with E-state index in [1.54, 1.807) is 66.4 Å². The number of rotatable bonds is 11. The van der Waals surface area contributed by atoms with E-state index in [0.717, 1.165) is 5.56 Å². The van der Waals surface area contributed by atoms with Crippen molar-refractivity contribution in [3.8, 4) is 5.75 Å². The van der Waals surface area contributed by atoms with Crippen LogP contribution in [0.3, 0.4) is 0 Å². The number of para-hydroxylation sites is 3. The van der Waals surface area contributed by atoms with Crippen molar-refractivity contribution in [1.82, 2.24) is 15.0 Å². The number of nitrogen functional groups attached to an aromatic ring is 1. The summed E-state index contributed by atoms with van der Waals surface area (Å²) < 4.78 is 41.3. The van der Waals surface area contributed by atoms with Crippen LogP contribution in [0.5, 0.6) is 5.75 Å². The fourth-order valence-electron chi connectivity index (χ4n) is 5.85. The largest absolute Gasteiger partial charge is 0.486 e. The van der Waals surface area contributed by atoms with Crippen LogP contribution in [-0.2, 0) is 16.6 Å². The molecule has 14 heteroatoms. The van der Waals surface area contributed by atoms with Crippen molar-refractivity contribution in [3.63, 3.8) is 0 Å². The number of aryl methyl sites for hydroxylation is 2. The summed E-state index contributed by atoms with van der Waals surface area (Å²) in [7, 11) is -2.23. The Morgan fingerprint density at radius 3 is 2.45 bits per heavy atom. The van der Waals surface area contributed by atoms with Gasteiger partial charge in [0.1, 0.15) is 11.8 Å². The van der Waals surface area contributed by atoms with Crippen molar-refractivity contribution < 1.29 is 32.4 Å². The van der Waals surface area contributed by atoms with E-state index in [9.17, 15) is 23.1 Å². The Bertz CT molecular complexity index is 1910. The summed E-state index contributed by atoms with van der Waals surface area (Å²) in [6.07, 6.45) is -0.489. The highest BCUT2D eigenvalue weighted by Gasteiger charge is 2.35. The monoisotopic (exact) mass is 690 g/mol. The molecule has 0 fully saturated rings. The van der Waals surface area contributed by atoms with E-state index >= 15 is 0 Å². The Balaban J connectivity index is 1.38. The van der Waals surface area contributed by atoms with Gasteiger partial charge in [0.15, 0.2) is 16.4 Å². The number of hydrogen-bond acceptors (Lipinski definition) is 10. The molecule has 13 nitrogen and oxygen atoms in total. The zero-order chi connectivity index (χ0) is 35.5. The van der Waals surface area contributed by atoms with Crippen molar-refractivity contribution in [2.45, 2.75) is 51.3 Å². The second-order valence-electron chi connectivity index (χ2n) is 12.5. The highest BCUT2D eigenvalue weighted by atomic mass is 32.2. The molecule has 1 aliphatic heterocycles. The van der Waals surface area contributed by atoms with Gasteiger partial charge in [-0.15, -0.1) is 0 Å². The van der Waals surface area contributed by atoms with E-state index < -0.39 is 22.2 Å². The lowest BCUT2D eigenvalue weighted by molar-refractivity contribution is 0.0344. The minimum atomic E-state index is -4.16. The fourth-order valence-corrected chi connectivity index (χ4v) is 7.24. The van der Waals surface area contributed by atoms with Crippen LogP contribution in [0.4, 0.5) is 17.1 Å². The van der Waals surface area contributed by atoms with Gasteiger partial charge in [-0.3, -0.25) is 19.2 Å². The summed E-state index contributed by atoms with van der Waals surface area (Å²) in [4.78, 5) is 30.2. The van der Waals surface area contributed by atoms with E-state index in [0.29, 0.717) is 36.6 Å². The topological polar surface area (TPSA) is 180 Å². The summed E-state index contributed by atoms with van der Waals surface area (Å²) in [5.74, 6) is -0.640. The summed E-state index contributed by atoms with van der Waals surface area (Å²) >= 11 is 0. The number of amides is 2. The molecule has 49 heavy (non-hydrogen) atoms. The molecule has 2 amide bonds. The number of nitrogens with zero attached hydrogens (tertiary/aromatic N) is 3. The Kier molecular flexibility index (Phi) is 10.6. The minimum Gasteiger partial charge on any atom is -0.486 e. The number of aliphatic hydroxyl groups is 1. The van der Waals surface area contributed by atoms with E-state index in [4.69, 9.17) is 15.0 Å². The van der Waals surface area contributed by atoms with Crippen LogP contribution in [0.15, 0.2) is 76.1 Å². The number of aromatic nitrogens is 1. The Morgan fingerprint density at radius 1 is 1.10 bits per heavy atom. The van der Waals surface area contributed by atoms with Crippen LogP contribution in [0.25, 0.3) is 0 Å². The first-order chi connectivity index (χ1) is 23.3. The first-order valence-corrected chi connectivity index (χ1v) is 17.4. The zero-order valence-electron chi connectivity index (χ0n) is 28.1. The number of ether oxygens (including phenoxy) is 1. The molecule has 0 saturated heterocycles. The summed E-state index contributed by atoms with van der Waals surface area (Å²) in [6, 6.07) is 18.5. The lowest BCUT2D eigenvalue weighted by Gasteiger charge is -2.38. The van der Waals surface area contributed by atoms with Gasteiger partial charge in [0, 0.05) is 31.1 Å². The molecule has 260 valence electrons. The van der Waals surface area contributed by atoms with Gasteiger partial charge in [-0.1, -0.05) is 42.4 Å². The minimum absolute atomic E-state index is 0.0878. The number of sulfonamides is 1. The molecule has 0 radical (unpaired) electrons. The number of hydrogen-bond donors (Lipinski definition) is 4. The van der Waals surface area contributed by atoms with Gasteiger partial charge < -0.3 is 30.3 Å². The lowest BCUT2D eigenvalue weighted by atomic mass is 9.99. The molecule has 3 aromatic carbocycles. The van der Waals surface area contributed by atoms with E-state index in [-0.39, 0.29) is 57.7 Å². The van der Waals surface area contributed by atoms with Crippen molar-refractivity contribution in [1.29, 1.82) is 0 Å². The van der Waals surface area contributed by atoms with Crippen LogP contribution >= 0.6 is 0 Å². The molecule has 5 rings (SSSR count). The number of likely N-dealkylation sites (N-methyl/N-ethyl adjacent to an activating group) is 1. The van der Waals surface area contributed by atoms with Crippen molar-refractivity contribution in [2.24, 2.45) is 5.92 Å². The summed E-state index contributed by atoms with van der Waals surface area (Å²) in [5.41, 5.74) is 8.88. The van der Waals surface area contributed by atoms with Crippen molar-refractivity contribution in [2.75, 3.05) is 42.5 Å². The molecule has 2 heterocycles. The van der Waals surface area contributed by atoms with Gasteiger partial charge in [0.05, 0.1) is 35.3 Å². The molecule has 3 atom stereocenters. The SMILES string of the molecule is Cc1noc(C)c1S(=O)(=O)Nc1cccc2c1O[C@@H](CN(C)Cc1ccc(C(=O)Nc3ccccc3N)cc1)[C@@H](C)CN([C@@H](C)CO)C2=O. The van der Waals surface area contributed by atoms with Gasteiger partial charge in [0.25, 0.3) is 21.8 Å². The molecular formula is C35H42N6O7S. The van der Waals surface area contributed by atoms with Crippen molar-refractivity contribution >= 4 is 38.9 Å². The maximum Gasteiger partial charge on any atom is 0.267 e. The lowest BCUT2D eigenvalue weighted by Crippen LogP contribution is -2.49. The van der Waals surface area contributed by atoms with Crippen LogP contribution in [0, 0.1) is 19.8 Å². The van der Waals surface area contributed by atoms with Crippen LogP contribution in [0.1, 0.15) is 51.6 Å². The van der Waals surface area contributed by atoms with E-state index in [1.165, 1.54) is 13.8 Å². The molecule has 5 N–H and O–H groups in total. The van der Waals surface area contributed by atoms with Gasteiger partial charge in [-0.05, 0) is 69.8 Å². The van der Waals surface area contributed by atoms with Crippen molar-refractivity contribution in [3.05, 3.63) is 94.9 Å². The molecular weight excluding hydrogens is 648 g/mol. The molecule has 0 saturated carbocycles. The summed E-state index contributed by atoms with van der Waals surface area (Å²) in [5, 5.41) is 16.6. The Labute approximate surface area is 286 Å². The number of nitrogens with one attached hydrogen (secondary N) is 2. The number of aliphatic hydroxyl groups excluding tert-OH is 1. The quantitative estimate of drug-likeness (QED) is 0.166. The predicted molar refractivity (Wildman–Crippen MR) is 186 cm³/mol. The number of fused-ring (bicyclic) bond motifs is 1. The smallest absolute Gasteiger partial charge is 0.267 e. The number of benzene rings is 3. The molecule has 1 aromatic heterocycles. The molecule has 0 unspecified atom stereocenters. The van der Waals surface area contributed by atoms with Crippen LogP contribution in [-0.4, -0.2) is 79.2 Å². The standard InChI is InChI=1S/C35H42N6O7S/c1-21-17-41(22(2)20-42)35(44)27-9-8-12-30(39-49(45,46)33-23(3)38-48-24(33)4)32(27)47-31(21)19-40(5)18-25-13-15-26(16-14-25)34(43)37-29-11-7-6-10-28(29)36/h6-16,21-22,31,39,42H,17-20,36H2,1-5H3,(H,37,43)/t21-,22-,31-/m0/s1. The molecule has 4 aromatic rings. The second kappa shape index (κ2) is 14.7. The highest BCUT2D eigenvalue weighted by Crippen LogP contribution is 2.36. The number of carbonyl (C=O) groups is 2. The summed E-state index contributed by atoms with van der Waals surface area (Å²) in [6.45, 7) is 7.75. The maximum absolute atomic E-state index is 13.8. The third-order valence-corrected chi connectivity index (χ3v) is 10.2. The van der Waals surface area contributed by atoms with E-state index in [1.807, 2.05) is 26.1 Å². The third-order valence-electron chi connectivity index (χ3n) is 8.54. The fraction of sp³-hybridized carbons (Fsp3) is 0.343. The Hall–Kier alpha value is -4.92. The van der Waals surface area contributed by atoms with Gasteiger partial charge in [-0.25, -0.2) is 8.42 Å². The van der Waals surface area contributed by atoms with Crippen LogP contribution in [0.2, 0.25) is 0 Å². The first kappa shape index (κ1) is 35.4. The zero-order valence-corrected chi connectivity index (χ0v) is 29.0. The van der Waals surface area contributed by atoms with Crippen LogP contribution < -0.4 is 20.5 Å². The highest BCUT2D eigenvalue weighted by molar-refractivity contribution is 7.92. The third kappa shape index (κ3) is 7.88. The molecule has 0 aliphatic carbocycles. The maximum atomic E-state index is 13.8. The van der Waals surface area contributed by atoms with Gasteiger partial charge in [0.2, 0.25) is 0 Å². The Morgan fingerprint density at radius 2 is 1.80 bits per heavy atom. The first-order valence-electron chi connectivity index (χ1n) is 15.9. The molecule has 1 aliphatic rings. The molecule has 0 bridgehead atoms. The van der Waals surface area contributed by atoms with Gasteiger partial charge in [-0.2, -0.15) is 0 Å². The number of nitrogens with two attached hydrogens (primary N) is 1. The number of carbonyl (C=O) groups excluding carboxylic acids is 2. The predicted octanol–water partition coefficient (Wildman–Crippen LogP) is 4.28. The van der Waals surface area contributed by atoms with Gasteiger partial charge >= 0.3 is 0 Å². The molecule has 0 spiro atoms. The van der Waals surface area contributed by atoms with E-state index in [2.05, 4.69) is 20.1 Å². The average Bonchev–Trinajstić information content (AvgIpc) is 3.42. The number of anilines is 3. The second-order valence-corrected chi connectivity index (χ2v) is 14.1.